The van der Waals surface area contributed by atoms with Crippen LogP contribution in [0.1, 0.15) is 15.2 Å². The lowest BCUT2D eigenvalue weighted by molar-refractivity contribution is 0.0698. The fourth-order valence-electron chi connectivity index (χ4n) is 1.53. The molecule has 0 unspecified atom stereocenters. The van der Waals surface area contributed by atoms with Crippen molar-refractivity contribution in [2.45, 2.75) is 6.42 Å². The van der Waals surface area contributed by atoms with Gasteiger partial charge < -0.3 is 10.4 Å². The first-order valence-corrected chi connectivity index (χ1v) is 6.51. The maximum atomic E-state index is 11.0. The lowest BCUT2D eigenvalue weighted by Crippen LogP contribution is -2.09. The number of carbonyl (C=O) groups is 1. The number of nitrogens with zero attached hydrogens (tertiary/aromatic N) is 1. The molecule has 94 valence electrons. The van der Waals surface area contributed by atoms with Crippen LogP contribution in [-0.2, 0) is 6.42 Å². The fraction of sp³-hybridized carbons (Fsp3) is 0.167. The minimum atomic E-state index is -0.959. The molecular weight excluding hydrogens is 272 g/mol. The van der Waals surface area contributed by atoms with E-state index < -0.39 is 5.97 Å². The second-order valence-electron chi connectivity index (χ2n) is 3.61. The van der Waals surface area contributed by atoms with Crippen molar-refractivity contribution in [3.8, 4) is 0 Å². The van der Waals surface area contributed by atoms with E-state index in [4.69, 9.17) is 16.7 Å². The van der Waals surface area contributed by atoms with Gasteiger partial charge in [0.15, 0.2) is 0 Å². The van der Waals surface area contributed by atoms with Crippen LogP contribution >= 0.6 is 22.9 Å². The number of hydrogen-bond acceptors (Lipinski definition) is 4. The number of pyridine rings is 1. The molecule has 0 bridgehead atoms. The molecule has 2 heterocycles. The van der Waals surface area contributed by atoms with Gasteiger partial charge in [-0.3, -0.25) is 4.98 Å². The Bertz CT molecular complexity index is 557. The van der Waals surface area contributed by atoms with Crippen molar-refractivity contribution in [2.24, 2.45) is 0 Å². The van der Waals surface area contributed by atoms with E-state index in [9.17, 15) is 4.79 Å². The van der Waals surface area contributed by atoms with Crippen LogP contribution in [0.5, 0.6) is 0 Å². The number of rotatable bonds is 5. The number of aromatic nitrogens is 1. The zero-order valence-electron chi connectivity index (χ0n) is 9.39. The minimum absolute atomic E-state index is 0.231. The van der Waals surface area contributed by atoms with E-state index in [1.165, 1.54) is 29.8 Å². The monoisotopic (exact) mass is 282 g/mol. The third-order valence-corrected chi connectivity index (χ3v) is 3.66. The first-order chi connectivity index (χ1) is 8.66. The topological polar surface area (TPSA) is 62.2 Å². The van der Waals surface area contributed by atoms with Gasteiger partial charge in [0, 0.05) is 17.6 Å². The largest absolute Gasteiger partial charge is 0.478 e. The van der Waals surface area contributed by atoms with Crippen molar-refractivity contribution in [2.75, 3.05) is 11.9 Å². The summed E-state index contributed by atoms with van der Waals surface area (Å²) in [4.78, 5) is 16.0. The first-order valence-electron chi connectivity index (χ1n) is 5.32. The normalized spacial score (nSPS) is 10.3. The Balaban J connectivity index is 1.96. The number of carboxylic acids is 1. The van der Waals surface area contributed by atoms with E-state index in [0.29, 0.717) is 12.2 Å². The van der Waals surface area contributed by atoms with E-state index >= 15 is 0 Å². The van der Waals surface area contributed by atoms with E-state index in [1.807, 2.05) is 12.1 Å². The summed E-state index contributed by atoms with van der Waals surface area (Å²) in [5.41, 5.74) is 0.766. The average molecular weight is 283 g/mol. The zero-order valence-corrected chi connectivity index (χ0v) is 11.0. The SMILES string of the molecule is O=C(O)c1ccncc1NCCc1ccc(Cl)s1. The Morgan fingerprint density at radius 3 is 2.94 bits per heavy atom. The smallest absolute Gasteiger partial charge is 0.337 e. The average Bonchev–Trinajstić information content (AvgIpc) is 2.75. The summed E-state index contributed by atoms with van der Waals surface area (Å²) in [6, 6.07) is 5.30. The van der Waals surface area contributed by atoms with Crippen molar-refractivity contribution in [1.29, 1.82) is 0 Å². The highest BCUT2D eigenvalue weighted by molar-refractivity contribution is 7.16. The Hall–Kier alpha value is -1.59. The van der Waals surface area contributed by atoms with Crippen molar-refractivity contribution < 1.29 is 9.90 Å². The first kappa shape index (κ1) is 12.9. The second kappa shape index (κ2) is 5.84. The second-order valence-corrected chi connectivity index (χ2v) is 5.41. The van der Waals surface area contributed by atoms with Crippen LogP contribution in [0.2, 0.25) is 4.34 Å². The molecule has 0 saturated heterocycles. The molecule has 0 atom stereocenters. The number of thiophene rings is 1. The molecule has 6 heteroatoms. The van der Waals surface area contributed by atoms with Gasteiger partial charge >= 0.3 is 5.97 Å². The van der Waals surface area contributed by atoms with Crippen molar-refractivity contribution in [3.63, 3.8) is 0 Å². The van der Waals surface area contributed by atoms with Gasteiger partial charge in [0.05, 0.1) is 21.8 Å². The summed E-state index contributed by atoms with van der Waals surface area (Å²) in [5.74, 6) is -0.959. The molecule has 0 fully saturated rings. The van der Waals surface area contributed by atoms with Crippen LogP contribution in [0.4, 0.5) is 5.69 Å². The molecule has 18 heavy (non-hydrogen) atoms. The van der Waals surface area contributed by atoms with Crippen molar-refractivity contribution >= 4 is 34.6 Å². The van der Waals surface area contributed by atoms with Gasteiger partial charge in [-0.15, -0.1) is 11.3 Å². The number of aromatic carboxylic acids is 1. The summed E-state index contributed by atoms with van der Waals surface area (Å²) >= 11 is 7.36. The van der Waals surface area contributed by atoms with Gasteiger partial charge in [-0.05, 0) is 24.6 Å². The molecule has 0 radical (unpaired) electrons. The van der Waals surface area contributed by atoms with Crippen LogP contribution < -0.4 is 5.32 Å². The Morgan fingerprint density at radius 1 is 1.44 bits per heavy atom. The number of halogens is 1. The van der Waals surface area contributed by atoms with Crippen LogP contribution in [0.3, 0.4) is 0 Å². The molecule has 0 aliphatic rings. The standard InChI is InChI=1S/C12H11ClN2O2S/c13-11-2-1-8(18-11)3-6-15-10-7-14-5-4-9(10)12(16)17/h1-2,4-5,7,15H,3,6H2,(H,16,17). The Kier molecular flexibility index (Phi) is 4.17. The van der Waals surface area contributed by atoms with Gasteiger partial charge in [0.1, 0.15) is 0 Å². The number of nitrogens with one attached hydrogen (secondary N) is 1. The molecule has 2 aromatic rings. The number of anilines is 1. The van der Waals surface area contributed by atoms with Crippen LogP contribution in [0, 0.1) is 0 Å². The molecule has 2 N–H and O–H groups in total. The fourth-order valence-corrected chi connectivity index (χ4v) is 2.62. The molecule has 0 aromatic carbocycles. The van der Waals surface area contributed by atoms with Gasteiger partial charge in [-0.1, -0.05) is 11.6 Å². The van der Waals surface area contributed by atoms with Gasteiger partial charge in [0.2, 0.25) is 0 Å². The number of hydrogen-bond donors (Lipinski definition) is 2. The Morgan fingerprint density at radius 2 is 2.28 bits per heavy atom. The third-order valence-electron chi connectivity index (χ3n) is 2.37. The highest BCUT2D eigenvalue weighted by atomic mass is 35.5. The highest BCUT2D eigenvalue weighted by Crippen LogP contribution is 2.22. The third kappa shape index (κ3) is 3.21. The van der Waals surface area contributed by atoms with Crippen molar-refractivity contribution in [1.82, 2.24) is 4.98 Å². The van der Waals surface area contributed by atoms with Gasteiger partial charge in [-0.2, -0.15) is 0 Å². The van der Waals surface area contributed by atoms with Gasteiger partial charge in [0.25, 0.3) is 0 Å². The molecule has 0 spiro atoms. The summed E-state index contributed by atoms with van der Waals surface area (Å²) in [6.45, 7) is 0.642. The van der Waals surface area contributed by atoms with Crippen LogP contribution in [-0.4, -0.2) is 22.6 Å². The molecule has 2 aromatic heterocycles. The van der Waals surface area contributed by atoms with Crippen LogP contribution in [0.25, 0.3) is 0 Å². The highest BCUT2D eigenvalue weighted by Gasteiger charge is 2.08. The molecule has 0 saturated carbocycles. The summed E-state index contributed by atoms with van der Waals surface area (Å²) in [5, 5.41) is 12.1. The minimum Gasteiger partial charge on any atom is -0.478 e. The summed E-state index contributed by atoms with van der Waals surface area (Å²) in [7, 11) is 0. The van der Waals surface area contributed by atoms with E-state index in [2.05, 4.69) is 10.3 Å². The van der Waals surface area contributed by atoms with Crippen molar-refractivity contribution in [3.05, 3.63) is 45.4 Å². The van der Waals surface area contributed by atoms with E-state index in [1.54, 1.807) is 0 Å². The molecule has 0 aliphatic heterocycles. The van der Waals surface area contributed by atoms with Gasteiger partial charge in [-0.25, -0.2) is 4.79 Å². The summed E-state index contributed by atoms with van der Waals surface area (Å²) in [6.07, 6.45) is 3.78. The van der Waals surface area contributed by atoms with Crippen LogP contribution in [0.15, 0.2) is 30.6 Å². The zero-order chi connectivity index (χ0) is 13.0. The lowest BCUT2D eigenvalue weighted by atomic mass is 10.2. The quantitative estimate of drug-likeness (QED) is 0.884. The van der Waals surface area contributed by atoms with E-state index in [-0.39, 0.29) is 5.56 Å². The maximum Gasteiger partial charge on any atom is 0.337 e. The molecular formula is C12H11ClN2O2S. The molecule has 4 nitrogen and oxygen atoms in total. The Labute approximate surface area is 113 Å². The molecule has 2 rings (SSSR count). The molecule has 0 amide bonds. The summed E-state index contributed by atoms with van der Waals surface area (Å²) < 4.78 is 0.762. The predicted octanol–water partition coefficient (Wildman–Crippen LogP) is 3.15. The van der Waals surface area contributed by atoms with E-state index in [0.717, 1.165) is 15.6 Å². The maximum absolute atomic E-state index is 11.0. The lowest BCUT2D eigenvalue weighted by Gasteiger charge is -2.07. The molecule has 0 aliphatic carbocycles. The predicted molar refractivity (Wildman–Crippen MR) is 72.7 cm³/mol. The number of carboxylic acid groups (broad SMARTS) is 1.